The van der Waals surface area contributed by atoms with Crippen LogP contribution in [0.3, 0.4) is 0 Å². The third-order valence-corrected chi connectivity index (χ3v) is 4.22. The average Bonchev–Trinajstić information content (AvgIpc) is 2.77. The molecule has 0 saturated carbocycles. The normalized spacial score (nSPS) is 12.7. The van der Waals surface area contributed by atoms with Crippen molar-refractivity contribution >= 4 is 15.9 Å². The molecule has 4 nitrogen and oxygen atoms in total. The van der Waals surface area contributed by atoms with Gasteiger partial charge in [0.05, 0.1) is 11.7 Å². The molecule has 0 spiro atoms. The Morgan fingerprint density at radius 3 is 2.70 bits per heavy atom. The second-order valence-corrected chi connectivity index (χ2v) is 5.91. The molecule has 0 radical (unpaired) electrons. The fourth-order valence-electron chi connectivity index (χ4n) is 2.32. The first kappa shape index (κ1) is 15.2. The maximum absolute atomic E-state index is 5.75. The van der Waals surface area contributed by atoms with Crippen molar-refractivity contribution in [3.05, 3.63) is 51.3 Å². The summed E-state index contributed by atoms with van der Waals surface area (Å²) < 4.78 is 3.02. The molecular weight excluding hydrogens is 316 g/mol. The van der Waals surface area contributed by atoms with E-state index < -0.39 is 0 Å². The van der Waals surface area contributed by atoms with Crippen LogP contribution in [0, 0.1) is 6.92 Å². The molecule has 0 fully saturated rings. The lowest BCUT2D eigenvalue weighted by molar-refractivity contribution is 0.528. The fourth-order valence-corrected chi connectivity index (χ4v) is 3.09. The third kappa shape index (κ3) is 3.29. The van der Waals surface area contributed by atoms with Crippen molar-refractivity contribution in [1.29, 1.82) is 0 Å². The van der Waals surface area contributed by atoms with Gasteiger partial charge in [0.15, 0.2) is 0 Å². The summed E-state index contributed by atoms with van der Waals surface area (Å²) in [6, 6.07) is 8.53. The molecule has 0 saturated heterocycles. The predicted octanol–water partition coefficient (Wildman–Crippen LogP) is 2.80. The van der Waals surface area contributed by atoms with Crippen LogP contribution in [0.2, 0.25) is 0 Å². The maximum Gasteiger partial charge on any atom is 0.0624 e. The van der Waals surface area contributed by atoms with Gasteiger partial charge in [0.25, 0.3) is 0 Å². The van der Waals surface area contributed by atoms with Crippen LogP contribution < -0.4 is 11.3 Å². The van der Waals surface area contributed by atoms with E-state index >= 15 is 0 Å². The second-order valence-electron chi connectivity index (χ2n) is 5.05. The molecule has 1 aromatic heterocycles. The van der Waals surface area contributed by atoms with Crippen LogP contribution in [0.15, 0.2) is 28.7 Å². The van der Waals surface area contributed by atoms with E-state index in [1.54, 1.807) is 0 Å². The van der Waals surface area contributed by atoms with Gasteiger partial charge in [-0.3, -0.25) is 16.0 Å². The molecular formula is C15H21BrN4. The molecule has 5 heteroatoms. The Hall–Kier alpha value is -1.17. The Bertz CT molecular complexity index is 592. The molecule has 3 N–H and O–H groups in total. The van der Waals surface area contributed by atoms with Crippen LogP contribution in [-0.2, 0) is 19.9 Å². The van der Waals surface area contributed by atoms with Crippen LogP contribution in [0.5, 0.6) is 0 Å². The summed E-state index contributed by atoms with van der Waals surface area (Å²) >= 11 is 3.62. The van der Waals surface area contributed by atoms with E-state index in [2.05, 4.69) is 64.6 Å². The van der Waals surface area contributed by atoms with Crippen LogP contribution in [0.25, 0.3) is 0 Å². The smallest absolute Gasteiger partial charge is 0.0624 e. The van der Waals surface area contributed by atoms with E-state index in [0.717, 1.165) is 28.6 Å². The number of halogens is 1. The van der Waals surface area contributed by atoms with E-state index in [9.17, 15) is 0 Å². The van der Waals surface area contributed by atoms with Gasteiger partial charge in [-0.15, -0.1) is 0 Å². The summed E-state index contributed by atoms with van der Waals surface area (Å²) in [5.41, 5.74) is 7.59. The molecule has 1 atom stereocenters. The maximum atomic E-state index is 5.75. The second kappa shape index (κ2) is 6.52. The van der Waals surface area contributed by atoms with Gasteiger partial charge in [-0.2, -0.15) is 5.10 Å². The number of rotatable bonds is 5. The number of aryl methyl sites for hydroxylation is 3. The number of nitrogens with one attached hydrogen (secondary N) is 1. The van der Waals surface area contributed by atoms with Crippen molar-refractivity contribution < 1.29 is 0 Å². The topological polar surface area (TPSA) is 55.9 Å². The van der Waals surface area contributed by atoms with Crippen LogP contribution >= 0.6 is 15.9 Å². The van der Waals surface area contributed by atoms with Crippen LogP contribution in [-0.4, -0.2) is 9.78 Å². The van der Waals surface area contributed by atoms with Crippen molar-refractivity contribution in [2.45, 2.75) is 32.7 Å². The SMILES string of the molecule is CCc1cc(CC(NN)c2ccc(C)cc2Br)n(C)n1. The minimum atomic E-state index is 0.0603. The zero-order valence-electron chi connectivity index (χ0n) is 12.2. The molecule has 0 bridgehead atoms. The van der Waals surface area contributed by atoms with Gasteiger partial charge in [0, 0.05) is 23.6 Å². The number of hydrogen-bond donors (Lipinski definition) is 2. The van der Waals surface area contributed by atoms with Gasteiger partial charge in [0.2, 0.25) is 0 Å². The summed E-state index contributed by atoms with van der Waals surface area (Å²) in [5.74, 6) is 5.75. The molecule has 0 aliphatic carbocycles. The van der Waals surface area contributed by atoms with Crippen molar-refractivity contribution in [2.75, 3.05) is 0 Å². The van der Waals surface area contributed by atoms with Crippen molar-refractivity contribution in [3.8, 4) is 0 Å². The standard InChI is InChI=1S/C15H21BrN4/c1-4-11-8-12(20(3)19-11)9-15(18-17)13-6-5-10(2)7-14(13)16/h5-8,15,18H,4,9,17H2,1-3H3. The van der Waals surface area contributed by atoms with Crippen LogP contribution in [0.1, 0.15) is 35.5 Å². The molecule has 0 amide bonds. The zero-order valence-corrected chi connectivity index (χ0v) is 13.7. The van der Waals surface area contributed by atoms with E-state index in [4.69, 9.17) is 5.84 Å². The number of aromatic nitrogens is 2. The number of benzene rings is 1. The number of hydrazine groups is 1. The van der Waals surface area contributed by atoms with Gasteiger partial charge >= 0.3 is 0 Å². The zero-order chi connectivity index (χ0) is 14.7. The summed E-state index contributed by atoms with van der Waals surface area (Å²) in [7, 11) is 1.98. The van der Waals surface area contributed by atoms with Crippen LogP contribution in [0.4, 0.5) is 0 Å². The van der Waals surface area contributed by atoms with Gasteiger partial charge in [0.1, 0.15) is 0 Å². The Balaban J connectivity index is 2.26. The number of nitrogens with zero attached hydrogens (tertiary/aromatic N) is 2. The largest absolute Gasteiger partial charge is 0.272 e. The minimum absolute atomic E-state index is 0.0603. The highest BCUT2D eigenvalue weighted by molar-refractivity contribution is 9.10. The minimum Gasteiger partial charge on any atom is -0.272 e. The molecule has 1 heterocycles. The highest BCUT2D eigenvalue weighted by Gasteiger charge is 2.16. The first-order valence-corrected chi connectivity index (χ1v) is 7.58. The third-order valence-electron chi connectivity index (χ3n) is 3.54. The summed E-state index contributed by atoms with van der Waals surface area (Å²) in [4.78, 5) is 0. The van der Waals surface area contributed by atoms with Gasteiger partial charge < -0.3 is 0 Å². The van der Waals surface area contributed by atoms with Gasteiger partial charge in [-0.1, -0.05) is 35.0 Å². The lowest BCUT2D eigenvalue weighted by atomic mass is 10.0. The molecule has 2 rings (SSSR count). The molecule has 2 aromatic rings. The predicted molar refractivity (Wildman–Crippen MR) is 85.2 cm³/mol. The summed E-state index contributed by atoms with van der Waals surface area (Å²) in [6.07, 6.45) is 1.75. The summed E-state index contributed by atoms with van der Waals surface area (Å²) in [6.45, 7) is 4.19. The van der Waals surface area contributed by atoms with E-state index in [0.29, 0.717) is 0 Å². The Morgan fingerprint density at radius 1 is 1.40 bits per heavy atom. The quantitative estimate of drug-likeness (QED) is 0.652. The first-order valence-electron chi connectivity index (χ1n) is 6.79. The molecule has 1 unspecified atom stereocenters. The number of nitrogens with two attached hydrogens (primary N) is 1. The van der Waals surface area contributed by atoms with Crippen molar-refractivity contribution in [3.63, 3.8) is 0 Å². The first-order chi connectivity index (χ1) is 9.55. The molecule has 20 heavy (non-hydrogen) atoms. The van der Waals surface area contributed by atoms with E-state index in [-0.39, 0.29) is 6.04 Å². The average molecular weight is 337 g/mol. The lowest BCUT2D eigenvalue weighted by Gasteiger charge is -2.18. The Kier molecular flexibility index (Phi) is 4.96. The van der Waals surface area contributed by atoms with E-state index in [1.807, 2.05) is 11.7 Å². The monoisotopic (exact) mass is 336 g/mol. The van der Waals surface area contributed by atoms with Crippen molar-refractivity contribution in [1.82, 2.24) is 15.2 Å². The van der Waals surface area contributed by atoms with Crippen molar-refractivity contribution in [2.24, 2.45) is 12.9 Å². The lowest BCUT2D eigenvalue weighted by Crippen LogP contribution is -2.30. The highest BCUT2D eigenvalue weighted by atomic mass is 79.9. The van der Waals surface area contributed by atoms with E-state index in [1.165, 1.54) is 11.3 Å². The Labute approximate surface area is 128 Å². The Morgan fingerprint density at radius 2 is 2.15 bits per heavy atom. The molecule has 0 aliphatic heterocycles. The number of hydrogen-bond acceptors (Lipinski definition) is 3. The molecule has 108 valence electrons. The molecule has 1 aromatic carbocycles. The molecule has 0 aliphatic rings. The fraction of sp³-hybridized carbons (Fsp3) is 0.400. The van der Waals surface area contributed by atoms with Gasteiger partial charge in [-0.25, -0.2) is 0 Å². The summed E-state index contributed by atoms with van der Waals surface area (Å²) in [5, 5.41) is 4.48. The van der Waals surface area contributed by atoms with Gasteiger partial charge in [-0.05, 0) is 36.6 Å². The highest BCUT2D eigenvalue weighted by Crippen LogP contribution is 2.26.